The van der Waals surface area contributed by atoms with Crippen LogP contribution < -0.4 is 4.74 Å². The summed E-state index contributed by atoms with van der Waals surface area (Å²) in [5.41, 5.74) is 1.04. The van der Waals surface area contributed by atoms with E-state index in [-0.39, 0.29) is 5.82 Å². The topological polar surface area (TPSA) is 21.7 Å². The lowest BCUT2D eigenvalue weighted by atomic mass is 10.1. The first kappa shape index (κ1) is 16.2. The minimum Gasteiger partial charge on any atom is -0.496 e. The third kappa shape index (κ3) is 5.64. The van der Waals surface area contributed by atoms with Gasteiger partial charge in [0.1, 0.15) is 11.6 Å². The van der Waals surface area contributed by atoms with E-state index in [4.69, 9.17) is 9.47 Å². The van der Waals surface area contributed by atoms with Crippen LogP contribution in [0.5, 0.6) is 5.75 Å². The van der Waals surface area contributed by atoms with Crippen molar-refractivity contribution in [2.24, 2.45) is 0 Å². The van der Waals surface area contributed by atoms with Crippen LogP contribution in [0.25, 0.3) is 0 Å². The number of halogens is 1. The zero-order valence-electron chi connectivity index (χ0n) is 12.9. The van der Waals surface area contributed by atoms with E-state index in [1.165, 1.54) is 38.1 Å². The fraction of sp³-hybridized carbons (Fsp3) is 0.647. The molecule has 1 fully saturated rings. The molecule has 0 saturated carbocycles. The summed E-state index contributed by atoms with van der Waals surface area (Å²) in [6.07, 6.45) is 5.60. The van der Waals surface area contributed by atoms with E-state index in [0.29, 0.717) is 5.75 Å². The summed E-state index contributed by atoms with van der Waals surface area (Å²) >= 11 is 0. The molecule has 3 nitrogen and oxygen atoms in total. The Balaban J connectivity index is 1.55. The number of rotatable bonds is 9. The van der Waals surface area contributed by atoms with Crippen LogP contribution in [-0.2, 0) is 11.2 Å². The minimum absolute atomic E-state index is 0.256. The zero-order chi connectivity index (χ0) is 14.9. The molecule has 0 amide bonds. The lowest BCUT2D eigenvalue weighted by molar-refractivity contribution is 0.121. The Labute approximate surface area is 127 Å². The van der Waals surface area contributed by atoms with Gasteiger partial charge in [-0.25, -0.2) is 4.39 Å². The molecule has 0 atom stereocenters. The number of methoxy groups -OCH3 is 1. The third-order valence-electron chi connectivity index (χ3n) is 3.95. The quantitative estimate of drug-likeness (QED) is 0.653. The second-order valence-electron chi connectivity index (χ2n) is 5.57. The van der Waals surface area contributed by atoms with E-state index < -0.39 is 0 Å². The van der Waals surface area contributed by atoms with Crippen molar-refractivity contribution in [3.8, 4) is 5.75 Å². The first-order valence-electron chi connectivity index (χ1n) is 7.92. The lowest BCUT2D eigenvalue weighted by Crippen LogP contribution is -2.21. The lowest BCUT2D eigenvalue weighted by Gasteiger charge is -2.14. The molecule has 0 unspecified atom stereocenters. The monoisotopic (exact) mass is 295 g/mol. The van der Waals surface area contributed by atoms with Gasteiger partial charge in [0.05, 0.1) is 7.11 Å². The molecule has 1 saturated heterocycles. The van der Waals surface area contributed by atoms with Gasteiger partial charge in [0, 0.05) is 25.8 Å². The van der Waals surface area contributed by atoms with Crippen molar-refractivity contribution >= 4 is 0 Å². The van der Waals surface area contributed by atoms with Gasteiger partial charge in [-0.1, -0.05) is 6.07 Å². The average molecular weight is 295 g/mol. The molecule has 4 heteroatoms. The molecular formula is C17H26FNO2. The molecular weight excluding hydrogens is 269 g/mol. The van der Waals surface area contributed by atoms with E-state index in [1.807, 2.05) is 0 Å². The van der Waals surface area contributed by atoms with Crippen molar-refractivity contribution < 1.29 is 13.9 Å². The molecule has 1 aromatic rings. The molecule has 0 radical (unpaired) electrons. The van der Waals surface area contributed by atoms with Crippen molar-refractivity contribution in [1.82, 2.24) is 4.90 Å². The van der Waals surface area contributed by atoms with Gasteiger partial charge >= 0.3 is 0 Å². The van der Waals surface area contributed by atoms with Gasteiger partial charge in [-0.3, -0.25) is 0 Å². The Kier molecular flexibility index (Phi) is 6.96. The maximum Gasteiger partial charge on any atom is 0.126 e. The van der Waals surface area contributed by atoms with Crippen molar-refractivity contribution in [2.75, 3.05) is 40.0 Å². The van der Waals surface area contributed by atoms with E-state index in [9.17, 15) is 4.39 Å². The van der Waals surface area contributed by atoms with Gasteiger partial charge in [0.25, 0.3) is 0 Å². The van der Waals surface area contributed by atoms with Gasteiger partial charge in [-0.05, 0) is 56.8 Å². The standard InChI is InChI=1S/C17H26FNO2/c1-20-17-14-16(18)8-7-15(17)6-4-12-21-13-5-11-19-9-2-3-10-19/h7-8,14H,2-6,9-13H2,1H3. The zero-order valence-corrected chi connectivity index (χ0v) is 12.9. The molecule has 21 heavy (non-hydrogen) atoms. The Morgan fingerprint density at radius 1 is 1.14 bits per heavy atom. The van der Waals surface area contributed by atoms with Crippen LogP contribution >= 0.6 is 0 Å². The van der Waals surface area contributed by atoms with E-state index in [1.54, 1.807) is 13.2 Å². The molecule has 0 aromatic heterocycles. The largest absolute Gasteiger partial charge is 0.496 e. The summed E-state index contributed by atoms with van der Waals surface area (Å²) < 4.78 is 23.9. The Morgan fingerprint density at radius 2 is 1.90 bits per heavy atom. The van der Waals surface area contributed by atoms with Crippen molar-refractivity contribution in [2.45, 2.75) is 32.1 Å². The number of hydrogen-bond acceptors (Lipinski definition) is 3. The fourth-order valence-corrected chi connectivity index (χ4v) is 2.79. The SMILES string of the molecule is COc1cc(F)ccc1CCCOCCCN1CCCC1. The Bertz CT molecular complexity index is 419. The molecule has 1 aromatic carbocycles. The number of benzene rings is 1. The Morgan fingerprint density at radius 3 is 2.67 bits per heavy atom. The van der Waals surface area contributed by atoms with Crippen molar-refractivity contribution in [3.63, 3.8) is 0 Å². The summed E-state index contributed by atoms with van der Waals surface area (Å²) in [5, 5.41) is 0. The van der Waals surface area contributed by atoms with Gasteiger partial charge in [-0.15, -0.1) is 0 Å². The van der Waals surface area contributed by atoms with Crippen LogP contribution in [0.3, 0.4) is 0 Å². The number of aryl methyl sites for hydroxylation is 1. The van der Waals surface area contributed by atoms with Crippen LogP contribution in [-0.4, -0.2) is 44.9 Å². The molecule has 118 valence electrons. The fourth-order valence-electron chi connectivity index (χ4n) is 2.79. The van der Waals surface area contributed by atoms with Crippen LogP contribution in [0.15, 0.2) is 18.2 Å². The predicted octanol–water partition coefficient (Wildman–Crippen LogP) is 3.27. The van der Waals surface area contributed by atoms with Gasteiger partial charge in [0.15, 0.2) is 0 Å². The van der Waals surface area contributed by atoms with Crippen LogP contribution in [0.1, 0.15) is 31.2 Å². The number of likely N-dealkylation sites (tertiary alicyclic amines) is 1. The minimum atomic E-state index is -0.256. The Hall–Kier alpha value is -1.13. The molecule has 1 heterocycles. The van der Waals surface area contributed by atoms with E-state index in [2.05, 4.69) is 4.90 Å². The maximum atomic E-state index is 13.1. The molecule has 1 aliphatic rings. The average Bonchev–Trinajstić information content (AvgIpc) is 3.00. The third-order valence-corrected chi connectivity index (χ3v) is 3.95. The highest BCUT2D eigenvalue weighted by molar-refractivity contribution is 5.34. The van der Waals surface area contributed by atoms with Gasteiger partial charge in [0.2, 0.25) is 0 Å². The summed E-state index contributed by atoms with van der Waals surface area (Å²) in [5.74, 6) is 0.373. The van der Waals surface area contributed by atoms with Gasteiger partial charge < -0.3 is 14.4 Å². The summed E-state index contributed by atoms with van der Waals surface area (Å²) in [6, 6.07) is 4.71. The van der Waals surface area contributed by atoms with Crippen LogP contribution in [0.4, 0.5) is 4.39 Å². The van der Waals surface area contributed by atoms with Crippen molar-refractivity contribution in [3.05, 3.63) is 29.6 Å². The number of nitrogens with zero attached hydrogens (tertiary/aromatic N) is 1. The molecule has 0 N–H and O–H groups in total. The molecule has 0 spiro atoms. The second-order valence-corrected chi connectivity index (χ2v) is 5.57. The number of hydrogen-bond donors (Lipinski definition) is 0. The predicted molar refractivity (Wildman–Crippen MR) is 82.4 cm³/mol. The summed E-state index contributed by atoms with van der Waals surface area (Å²) in [4.78, 5) is 2.51. The molecule has 1 aliphatic heterocycles. The molecule has 2 rings (SSSR count). The van der Waals surface area contributed by atoms with E-state index >= 15 is 0 Å². The number of ether oxygens (including phenoxy) is 2. The smallest absolute Gasteiger partial charge is 0.126 e. The molecule has 0 aliphatic carbocycles. The highest BCUT2D eigenvalue weighted by atomic mass is 19.1. The summed E-state index contributed by atoms with van der Waals surface area (Å²) in [7, 11) is 1.58. The molecule has 0 bridgehead atoms. The maximum absolute atomic E-state index is 13.1. The van der Waals surface area contributed by atoms with Gasteiger partial charge in [-0.2, -0.15) is 0 Å². The van der Waals surface area contributed by atoms with E-state index in [0.717, 1.165) is 44.6 Å². The highest BCUT2D eigenvalue weighted by Crippen LogP contribution is 2.20. The van der Waals surface area contributed by atoms with Crippen LogP contribution in [0, 0.1) is 5.82 Å². The first-order chi connectivity index (χ1) is 10.3. The van der Waals surface area contributed by atoms with Crippen molar-refractivity contribution in [1.29, 1.82) is 0 Å². The highest BCUT2D eigenvalue weighted by Gasteiger charge is 2.10. The second kappa shape index (κ2) is 9.00. The summed E-state index contributed by atoms with van der Waals surface area (Å²) in [6.45, 7) is 5.25. The normalized spacial score (nSPS) is 15.5. The first-order valence-corrected chi connectivity index (χ1v) is 7.92. The van der Waals surface area contributed by atoms with Crippen LogP contribution in [0.2, 0.25) is 0 Å².